The zero-order valence-electron chi connectivity index (χ0n) is 14.8. The van der Waals surface area contributed by atoms with E-state index in [4.69, 9.17) is 0 Å². The Balaban J connectivity index is 2.42. The summed E-state index contributed by atoms with van der Waals surface area (Å²) in [6.45, 7) is 5.50. The number of hydrogen-bond acceptors (Lipinski definition) is 4. The minimum Gasteiger partial charge on any atom is -0.477 e. The first kappa shape index (κ1) is 18.5. The van der Waals surface area contributed by atoms with Crippen molar-refractivity contribution in [2.24, 2.45) is 0 Å². The number of rotatable bonds is 7. The van der Waals surface area contributed by atoms with Crippen molar-refractivity contribution in [3.8, 4) is 0 Å². The van der Waals surface area contributed by atoms with Crippen LogP contribution in [-0.2, 0) is 22.4 Å². The number of carbonyl (C=O) groups is 3. The molecule has 134 valence electrons. The van der Waals surface area contributed by atoms with Crippen LogP contribution in [-0.4, -0.2) is 40.4 Å². The van der Waals surface area contributed by atoms with Crippen LogP contribution in [0.25, 0.3) is 0 Å². The molecule has 0 spiro atoms. The molecule has 7 nitrogen and oxygen atoms in total. The standard InChI is InChI=1S/C18H22N2O5/c1-9-10(2)15(8-21)19-13(9)7-14-12(5-6-16(22)25-4)11(3)17(20-14)18(23)24/h8,19-20H,5-7H2,1-4H3,(H,23,24). The fourth-order valence-electron chi connectivity index (χ4n) is 2.98. The normalized spacial score (nSPS) is 10.7. The number of H-pyrrole nitrogens is 2. The predicted octanol–water partition coefficient (Wildman–Crippen LogP) is 2.48. The van der Waals surface area contributed by atoms with Crippen LogP contribution in [0.5, 0.6) is 0 Å². The van der Waals surface area contributed by atoms with Gasteiger partial charge in [0.05, 0.1) is 12.8 Å². The van der Waals surface area contributed by atoms with Crippen LogP contribution in [0, 0.1) is 20.8 Å². The Hall–Kier alpha value is -2.83. The number of nitrogens with one attached hydrogen (secondary N) is 2. The van der Waals surface area contributed by atoms with Gasteiger partial charge >= 0.3 is 11.9 Å². The summed E-state index contributed by atoms with van der Waals surface area (Å²) in [5.74, 6) is -1.39. The summed E-state index contributed by atoms with van der Waals surface area (Å²) in [7, 11) is 1.32. The van der Waals surface area contributed by atoms with Crippen LogP contribution in [0.2, 0.25) is 0 Å². The molecule has 0 unspecified atom stereocenters. The second kappa shape index (κ2) is 7.38. The molecule has 2 aromatic rings. The van der Waals surface area contributed by atoms with E-state index in [1.165, 1.54) is 7.11 Å². The summed E-state index contributed by atoms with van der Waals surface area (Å²) >= 11 is 0. The molecule has 0 atom stereocenters. The Labute approximate surface area is 145 Å². The molecule has 0 bridgehead atoms. The molecule has 0 aromatic carbocycles. The van der Waals surface area contributed by atoms with Crippen molar-refractivity contribution < 1.29 is 24.2 Å². The van der Waals surface area contributed by atoms with Gasteiger partial charge in [-0.15, -0.1) is 0 Å². The van der Waals surface area contributed by atoms with Gasteiger partial charge in [-0.25, -0.2) is 4.79 Å². The highest BCUT2D eigenvalue weighted by Gasteiger charge is 2.21. The molecule has 25 heavy (non-hydrogen) atoms. The van der Waals surface area contributed by atoms with Crippen LogP contribution in [0.1, 0.15) is 61.0 Å². The summed E-state index contributed by atoms with van der Waals surface area (Å²) in [5, 5.41) is 9.36. The highest BCUT2D eigenvalue weighted by atomic mass is 16.5. The van der Waals surface area contributed by atoms with Gasteiger partial charge in [-0.2, -0.15) is 0 Å². The molecule has 2 aromatic heterocycles. The largest absolute Gasteiger partial charge is 0.477 e. The molecule has 0 aliphatic rings. The molecular formula is C18H22N2O5. The molecule has 0 amide bonds. The predicted molar refractivity (Wildman–Crippen MR) is 91.3 cm³/mol. The molecular weight excluding hydrogens is 324 g/mol. The molecule has 0 saturated carbocycles. The number of ether oxygens (including phenoxy) is 1. The molecule has 0 fully saturated rings. The molecule has 0 aliphatic heterocycles. The lowest BCUT2D eigenvalue weighted by Crippen LogP contribution is -2.04. The molecule has 2 rings (SSSR count). The van der Waals surface area contributed by atoms with Crippen molar-refractivity contribution in [2.45, 2.75) is 40.0 Å². The summed E-state index contributed by atoms with van der Waals surface area (Å²) in [6, 6.07) is 0. The van der Waals surface area contributed by atoms with Crippen LogP contribution >= 0.6 is 0 Å². The molecule has 3 N–H and O–H groups in total. The van der Waals surface area contributed by atoms with Crippen molar-refractivity contribution in [1.29, 1.82) is 0 Å². The van der Waals surface area contributed by atoms with Gasteiger partial charge in [-0.3, -0.25) is 9.59 Å². The number of carboxylic acids is 1. The Kier molecular flexibility index (Phi) is 5.46. The Morgan fingerprint density at radius 1 is 1.08 bits per heavy atom. The topological polar surface area (TPSA) is 112 Å². The zero-order valence-corrected chi connectivity index (χ0v) is 14.8. The summed E-state index contributed by atoms with van der Waals surface area (Å²) in [4.78, 5) is 40.0. The summed E-state index contributed by atoms with van der Waals surface area (Å²) in [5.41, 5.74) is 5.45. The van der Waals surface area contributed by atoms with Crippen LogP contribution in [0.3, 0.4) is 0 Å². The molecule has 0 radical (unpaired) electrons. The third kappa shape index (κ3) is 3.65. The van der Waals surface area contributed by atoms with Gasteiger partial charge in [0.1, 0.15) is 5.69 Å². The number of methoxy groups -OCH3 is 1. The van der Waals surface area contributed by atoms with Crippen LogP contribution in [0.15, 0.2) is 0 Å². The van der Waals surface area contributed by atoms with E-state index >= 15 is 0 Å². The van der Waals surface area contributed by atoms with E-state index in [9.17, 15) is 19.5 Å². The molecule has 0 saturated heterocycles. The average molecular weight is 346 g/mol. The maximum absolute atomic E-state index is 11.5. The highest BCUT2D eigenvalue weighted by molar-refractivity contribution is 5.88. The summed E-state index contributed by atoms with van der Waals surface area (Å²) < 4.78 is 4.67. The van der Waals surface area contributed by atoms with E-state index in [-0.39, 0.29) is 18.1 Å². The van der Waals surface area contributed by atoms with E-state index in [2.05, 4.69) is 14.7 Å². The van der Waals surface area contributed by atoms with Crippen molar-refractivity contribution in [1.82, 2.24) is 9.97 Å². The maximum Gasteiger partial charge on any atom is 0.352 e. The Morgan fingerprint density at radius 3 is 2.28 bits per heavy atom. The van der Waals surface area contributed by atoms with Gasteiger partial charge in [0, 0.05) is 24.2 Å². The van der Waals surface area contributed by atoms with Gasteiger partial charge in [-0.05, 0) is 49.4 Å². The number of aldehydes is 1. The van der Waals surface area contributed by atoms with Crippen molar-refractivity contribution in [3.05, 3.63) is 45.0 Å². The zero-order chi connectivity index (χ0) is 18.7. The van der Waals surface area contributed by atoms with Gasteiger partial charge in [0.25, 0.3) is 0 Å². The van der Waals surface area contributed by atoms with E-state index in [1.807, 2.05) is 13.8 Å². The number of esters is 1. The van der Waals surface area contributed by atoms with E-state index in [1.54, 1.807) is 6.92 Å². The lowest BCUT2D eigenvalue weighted by Gasteiger charge is -2.06. The number of carboxylic acid groups (broad SMARTS) is 1. The number of aromatic carboxylic acids is 1. The molecule has 0 aliphatic carbocycles. The summed E-state index contributed by atoms with van der Waals surface area (Å²) in [6.07, 6.45) is 1.75. The van der Waals surface area contributed by atoms with Gasteiger partial charge < -0.3 is 19.8 Å². The first-order valence-corrected chi connectivity index (χ1v) is 7.93. The van der Waals surface area contributed by atoms with E-state index in [0.29, 0.717) is 24.1 Å². The fourth-order valence-corrected chi connectivity index (χ4v) is 2.98. The SMILES string of the molecule is COC(=O)CCc1c(Cc2[nH]c(C=O)c(C)c2C)[nH]c(C(=O)O)c1C. The number of aromatic amines is 2. The first-order valence-electron chi connectivity index (χ1n) is 7.93. The van der Waals surface area contributed by atoms with Gasteiger partial charge in [-0.1, -0.05) is 0 Å². The Bertz CT molecular complexity index is 829. The smallest absolute Gasteiger partial charge is 0.352 e. The average Bonchev–Trinajstić information content (AvgIpc) is 3.04. The third-order valence-corrected chi connectivity index (χ3v) is 4.66. The minimum atomic E-state index is -1.05. The molecule has 2 heterocycles. The second-order valence-corrected chi connectivity index (χ2v) is 6.03. The maximum atomic E-state index is 11.5. The number of hydrogen-bond donors (Lipinski definition) is 3. The monoisotopic (exact) mass is 346 g/mol. The van der Waals surface area contributed by atoms with Gasteiger partial charge in [0.2, 0.25) is 0 Å². The minimum absolute atomic E-state index is 0.117. The Morgan fingerprint density at radius 2 is 1.76 bits per heavy atom. The van der Waals surface area contributed by atoms with Crippen molar-refractivity contribution in [2.75, 3.05) is 7.11 Å². The first-order chi connectivity index (χ1) is 11.8. The number of carbonyl (C=O) groups excluding carboxylic acids is 2. The third-order valence-electron chi connectivity index (χ3n) is 4.66. The van der Waals surface area contributed by atoms with Gasteiger partial charge in [0.15, 0.2) is 6.29 Å². The van der Waals surface area contributed by atoms with Crippen molar-refractivity contribution >= 4 is 18.2 Å². The highest BCUT2D eigenvalue weighted by Crippen LogP contribution is 2.25. The quantitative estimate of drug-likeness (QED) is 0.527. The number of aromatic nitrogens is 2. The lowest BCUT2D eigenvalue weighted by atomic mass is 10.0. The van der Waals surface area contributed by atoms with Crippen LogP contribution in [0.4, 0.5) is 0 Å². The second-order valence-electron chi connectivity index (χ2n) is 6.03. The van der Waals surface area contributed by atoms with Crippen LogP contribution < -0.4 is 0 Å². The fraction of sp³-hybridized carbons (Fsp3) is 0.389. The molecule has 7 heteroatoms. The van der Waals surface area contributed by atoms with Crippen molar-refractivity contribution in [3.63, 3.8) is 0 Å². The van der Waals surface area contributed by atoms with E-state index < -0.39 is 5.97 Å². The lowest BCUT2D eigenvalue weighted by molar-refractivity contribution is -0.140. The van der Waals surface area contributed by atoms with E-state index in [0.717, 1.165) is 34.4 Å².